The van der Waals surface area contributed by atoms with E-state index in [0.29, 0.717) is 33.0 Å². The van der Waals surface area contributed by atoms with Crippen molar-refractivity contribution in [1.82, 2.24) is 15.6 Å². The standard InChI is InChI=1S/C25H26Cl3N5O2/c1-14-17(5-9-23(30)32-14)13-31-25(35)22(12-16-4-8-19(27)20(28)10-16)33-24(34)21(29)11-15-2-6-18(26)7-3-15/h2-10,21-22H,11-13,29H2,1H3,(H2,30,32)(H,31,35)(H,33,34)/t21-,22+/m1/s1. The fourth-order valence-corrected chi connectivity index (χ4v) is 3.91. The fourth-order valence-electron chi connectivity index (χ4n) is 3.46. The lowest BCUT2D eigenvalue weighted by molar-refractivity contribution is -0.129. The van der Waals surface area contributed by atoms with E-state index in [9.17, 15) is 9.59 Å². The predicted molar refractivity (Wildman–Crippen MR) is 140 cm³/mol. The monoisotopic (exact) mass is 533 g/mol. The number of pyridine rings is 1. The Morgan fingerprint density at radius 2 is 1.60 bits per heavy atom. The highest BCUT2D eigenvalue weighted by molar-refractivity contribution is 6.42. The Morgan fingerprint density at radius 3 is 2.26 bits per heavy atom. The maximum atomic E-state index is 13.1. The van der Waals surface area contributed by atoms with Gasteiger partial charge in [0.05, 0.1) is 16.1 Å². The number of nitrogens with one attached hydrogen (secondary N) is 2. The van der Waals surface area contributed by atoms with E-state index in [2.05, 4.69) is 15.6 Å². The molecular formula is C25H26Cl3N5O2. The second kappa shape index (κ2) is 12.2. The average Bonchev–Trinajstić information content (AvgIpc) is 2.81. The quantitative estimate of drug-likeness (QED) is 0.332. The molecule has 0 bridgehead atoms. The number of nitrogens with zero attached hydrogens (tertiary/aromatic N) is 1. The molecule has 0 aliphatic heterocycles. The molecule has 7 nitrogen and oxygen atoms in total. The summed E-state index contributed by atoms with van der Waals surface area (Å²) in [6, 6.07) is 13.8. The Labute approximate surface area is 219 Å². The highest BCUT2D eigenvalue weighted by atomic mass is 35.5. The number of hydrogen-bond donors (Lipinski definition) is 4. The van der Waals surface area contributed by atoms with Gasteiger partial charge in [-0.3, -0.25) is 9.59 Å². The number of carbonyl (C=O) groups excluding carboxylic acids is 2. The van der Waals surface area contributed by atoms with Crippen LogP contribution in [0.3, 0.4) is 0 Å². The van der Waals surface area contributed by atoms with Crippen LogP contribution in [-0.4, -0.2) is 28.9 Å². The molecule has 2 atom stereocenters. The van der Waals surface area contributed by atoms with Crippen LogP contribution in [-0.2, 0) is 29.0 Å². The van der Waals surface area contributed by atoms with Gasteiger partial charge in [0.2, 0.25) is 11.8 Å². The number of aromatic nitrogens is 1. The van der Waals surface area contributed by atoms with Crippen molar-refractivity contribution in [2.45, 2.75) is 38.4 Å². The molecule has 0 aliphatic rings. The molecule has 0 saturated carbocycles. The Morgan fingerprint density at radius 1 is 0.914 bits per heavy atom. The van der Waals surface area contributed by atoms with E-state index in [4.69, 9.17) is 46.3 Å². The third-order valence-electron chi connectivity index (χ3n) is 5.43. The Balaban J connectivity index is 1.72. The molecule has 184 valence electrons. The smallest absolute Gasteiger partial charge is 0.243 e. The molecule has 0 spiro atoms. The van der Waals surface area contributed by atoms with Crippen LogP contribution < -0.4 is 22.1 Å². The second-order valence-corrected chi connectivity index (χ2v) is 9.40. The van der Waals surface area contributed by atoms with Gasteiger partial charge >= 0.3 is 0 Å². The third kappa shape index (κ3) is 7.83. The molecule has 35 heavy (non-hydrogen) atoms. The van der Waals surface area contributed by atoms with E-state index in [-0.39, 0.29) is 18.9 Å². The van der Waals surface area contributed by atoms with E-state index in [0.717, 1.165) is 16.7 Å². The zero-order valence-corrected chi connectivity index (χ0v) is 21.3. The molecule has 2 aromatic carbocycles. The molecule has 1 heterocycles. The normalized spacial score (nSPS) is 12.6. The van der Waals surface area contributed by atoms with Gasteiger partial charge in [-0.15, -0.1) is 0 Å². The molecule has 0 unspecified atom stereocenters. The van der Waals surface area contributed by atoms with Crippen LogP contribution in [0.2, 0.25) is 15.1 Å². The zero-order chi connectivity index (χ0) is 25.5. The number of anilines is 1. The number of benzene rings is 2. The molecule has 10 heteroatoms. The van der Waals surface area contributed by atoms with Crippen molar-refractivity contribution < 1.29 is 9.59 Å². The van der Waals surface area contributed by atoms with Gasteiger partial charge in [0, 0.05) is 23.7 Å². The van der Waals surface area contributed by atoms with Crippen molar-refractivity contribution >= 4 is 52.4 Å². The van der Waals surface area contributed by atoms with Gasteiger partial charge < -0.3 is 22.1 Å². The number of aryl methyl sites for hydroxylation is 1. The lowest BCUT2D eigenvalue weighted by Crippen LogP contribution is -2.53. The Bertz CT molecular complexity index is 1200. The first-order valence-corrected chi connectivity index (χ1v) is 12.0. The summed E-state index contributed by atoms with van der Waals surface area (Å²) < 4.78 is 0. The molecule has 1 aromatic heterocycles. The number of rotatable bonds is 9. The molecule has 0 fully saturated rings. The summed E-state index contributed by atoms with van der Waals surface area (Å²) in [5, 5.41) is 6.99. The highest BCUT2D eigenvalue weighted by Gasteiger charge is 2.25. The molecule has 0 saturated heterocycles. The van der Waals surface area contributed by atoms with E-state index in [1.165, 1.54) is 0 Å². The summed E-state index contributed by atoms with van der Waals surface area (Å²) >= 11 is 18.1. The van der Waals surface area contributed by atoms with Crippen molar-refractivity contribution in [3.63, 3.8) is 0 Å². The summed E-state index contributed by atoms with van der Waals surface area (Å²) in [5.74, 6) is -0.429. The first-order valence-electron chi connectivity index (χ1n) is 10.9. The average molecular weight is 535 g/mol. The van der Waals surface area contributed by atoms with Crippen molar-refractivity contribution in [3.05, 3.63) is 92.0 Å². The third-order valence-corrected chi connectivity index (χ3v) is 6.42. The SMILES string of the molecule is Cc1nc(N)ccc1CNC(=O)[C@H](Cc1ccc(Cl)c(Cl)c1)NC(=O)[C@H](N)Cc1ccc(Cl)cc1. The summed E-state index contributed by atoms with van der Waals surface area (Å²) in [6.45, 7) is 2.03. The minimum atomic E-state index is -0.891. The lowest BCUT2D eigenvalue weighted by Gasteiger charge is -2.21. The fraction of sp³-hybridized carbons (Fsp3) is 0.240. The van der Waals surface area contributed by atoms with Gasteiger partial charge in [0.15, 0.2) is 0 Å². The maximum absolute atomic E-state index is 13.1. The van der Waals surface area contributed by atoms with Gasteiger partial charge in [-0.2, -0.15) is 0 Å². The molecule has 3 rings (SSSR count). The zero-order valence-electron chi connectivity index (χ0n) is 19.0. The van der Waals surface area contributed by atoms with Crippen LogP contribution in [0.4, 0.5) is 5.82 Å². The summed E-state index contributed by atoms with van der Waals surface area (Å²) in [5.41, 5.74) is 14.9. The van der Waals surface area contributed by atoms with Gasteiger partial charge in [0.1, 0.15) is 11.9 Å². The van der Waals surface area contributed by atoms with Crippen LogP contribution in [0.1, 0.15) is 22.4 Å². The number of amides is 2. The van der Waals surface area contributed by atoms with Crippen molar-refractivity contribution in [2.24, 2.45) is 5.73 Å². The van der Waals surface area contributed by atoms with Crippen LogP contribution in [0.25, 0.3) is 0 Å². The lowest BCUT2D eigenvalue weighted by atomic mass is 10.0. The van der Waals surface area contributed by atoms with Crippen molar-refractivity contribution in [1.29, 1.82) is 0 Å². The van der Waals surface area contributed by atoms with Gasteiger partial charge in [-0.05, 0) is 60.4 Å². The minimum Gasteiger partial charge on any atom is -0.384 e. The highest BCUT2D eigenvalue weighted by Crippen LogP contribution is 2.23. The van der Waals surface area contributed by atoms with Crippen LogP contribution in [0.15, 0.2) is 54.6 Å². The number of carbonyl (C=O) groups is 2. The Hall–Kier alpha value is -2.84. The van der Waals surface area contributed by atoms with Crippen LogP contribution in [0, 0.1) is 6.92 Å². The maximum Gasteiger partial charge on any atom is 0.243 e. The summed E-state index contributed by atoms with van der Waals surface area (Å²) in [7, 11) is 0. The molecule has 0 radical (unpaired) electrons. The largest absolute Gasteiger partial charge is 0.384 e. The molecular weight excluding hydrogens is 509 g/mol. The predicted octanol–water partition coefficient (Wildman–Crippen LogP) is 3.85. The van der Waals surface area contributed by atoms with E-state index in [1.54, 1.807) is 54.6 Å². The Kier molecular flexibility index (Phi) is 9.34. The summed E-state index contributed by atoms with van der Waals surface area (Å²) in [4.78, 5) is 30.2. The van der Waals surface area contributed by atoms with Crippen molar-refractivity contribution in [2.75, 3.05) is 5.73 Å². The number of nitrogen functional groups attached to an aromatic ring is 1. The first kappa shape index (κ1) is 26.8. The number of halogens is 3. The van der Waals surface area contributed by atoms with Crippen molar-refractivity contribution in [3.8, 4) is 0 Å². The topological polar surface area (TPSA) is 123 Å². The van der Waals surface area contributed by atoms with Gasteiger partial charge in [0.25, 0.3) is 0 Å². The summed E-state index contributed by atoms with van der Waals surface area (Å²) in [6.07, 6.45) is 0.488. The van der Waals surface area contributed by atoms with Gasteiger partial charge in [-0.25, -0.2) is 4.98 Å². The number of hydrogen-bond acceptors (Lipinski definition) is 5. The van der Waals surface area contributed by atoms with Crippen LogP contribution >= 0.6 is 34.8 Å². The minimum absolute atomic E-state index is 0.196. The van der Waals surface area contributed by atoms with E-state index in [1.807, 2.05) is 6.92 Å². The molecule has 2 amide bonds. The van der Waals surface area contributed by atoms with E-state index < -0.39 is 18.0 Å². The number of nitrogens with two attached hydrogens (primary N) is 2. The second-order valence-electron chi connectivity index (χ2n) is 8.15. The van der Waals surface area contributed by atoms with Gasteiger partial charge in [-0.1, -0.05) is 59.1 Å². The molecule has 6 N–H and O–H groups in total. The molecule has 3 aromatic rings. The first-order chi connectivity index (χ1) is 16.6. The van der Waals surface area contributed by atoms with E-state index >= 15 is 0 Å². The molecule has 0 aliphatic carbocycles. The van der Waals surface area contributed by atoms with Crippen LogP contribution in [0.5, 0.6) is 0 Å².